The Morgan fingerprint density at radius 2 is 1.83 bits per heavy atom. The molecule has 0 unspecified atom stereocenters. The first-order chi connectivity index (χ1) is 16.9. The number of pyridine rings is 2. The smallest absolute Gasteiger partial charge is 0.339 e. The lowest BCUT2D eigenvalue weighted by molar-refractivity contribution is 0.0697. The van der Waals surface area contributed by atoms with Crippen LogP contribution in [0.15, 0.2) is 58.7 Å². The van der Waals surface area contributed by atoms with Crippen molar-refractivity contribution in [3.8, 4) is 5.75 Å². The van der Waals surface area contributed by atoms with Gasteiger partial charge in [0.25, 0.3) is 0 Å². The Balaban J connectivity index is 1.78. The van der Waals surface area contributed by atoms with Crippen LogP contribution in [0.25, 0.3) is 11.0 Å². The minimum absolute atomic E-state index is 0.0120. The standard InChI is InChI=1S/C25H27N5O5S/c1-15-20-21(19(24(31)32)14-28-22(20)30(29-15)25(2,3)4)27-13-16-7-6-12-26-23(16)36(33,34)18-10-8-17(35-5)9-11-18/h6-12,14H,13H2,1-5H3,(H,27,28)(H,31,32). The van der Waals surface area contributed by atoms with Crippen molar-refractivity contribution < 1.29 is 23.1 Å². The molecule has 0 bridgehead atoms. The van der Waals surface area contributed by atoms with E-state index in [4.69, 9.17) is 4.74 Å². The van der Waals surface area contributed by atoms with Gasteiger partial charge in [-0.25, -0.2) is 27.9 Å². The predicted octanol–water partition coefficient (Wildman–Crippen LogP) is 4.04. The number of nitrogens with zero attached hydrogens (tertiary/aromatic N) is 4. The van der Waals surface area contributed by atoms with Crippen LogP contribution in [0.5, 0.6) is 5.75 Å². The summed E-state index contributed by atoms with van der Waals surface area (Å²) in [6, 6.07) is 9.32. The molecule has 0 saturated heterocycles. The Hall–Kier alpha value is -3.99. The van der Waals surface area contributed by atoms with E-state index >= 15 is 0 Å². The van der Waals surface area contributed by atoms with Crippen molar-refractivity contribution >= 4 is 32.5 Å². The minimum atomic E-state index is -3.94. The lowest BCUT2D eigenvalue weighted by Crippen LogP contribution is -2.23. The Morgan fingerprint density at radius 3 is 2.44 bits per heavy atom. The normalized spacial score (nSPS) is 12.0. The van der Waals surface area contributed by atoms with Gasteiger partial charge in [-0.15, -0.1) is 0 Å². The number of carboxylic acids is 1. The van der Waals surface area contributed by atoms with Gasteiger partial charge < -0.3 is 15.2 Å². The fourth-order valence-electron chi connectivity index (χ4n) is 3.92. The number of hydrogen-bond acceptors (Lipinski definition) is 8. The summed E-state index contributed by atoms with van der Waals surface area (Å²) in [5.74, 6) is -0.627. The van der Waals surface area contributed by atoms with Crippen LogP contribution in [-0.2, 0) is 21.9 Å². The Labute approximate surface area is 208 Å². The van der Waals surface area contributed by atoms with Crippen molar-refractivity contribution in [1.29, 1.82) is 0 Å². The summed E-state index contributed by atoms with van der Waals surface area (Å²) in [5.41, 5.74) is 1.42. The van der Waals surface area contributed by atoms with Gasteiger partial charge in [0.2, 0.25) is 9.84 Å². The fourth-order valence-corrected chi connectivity index (χ4v) is 5.32. The molecule has 0 aliphatic rings. The highest BCUT2D eigenvalue weighted by molar-refractivity contribution is 7.91. The average Bonchev–Trinajstić information content (AvgIpc) is 3.20. The van der Waals surface area contributed by atoms with Crippen molar-refractivity contribution in [1.82, 2.24) is 19.7 Å². The van der Waals surface area contributed by atoms with Crippen LogP contribution in [0.2, 0.25) is 0 Å². The summed E-state index contributed by atoms with van der Waals surface area (Å²) < 4.78 is 33.6. The molecular weight excluding hydrogens is 482 g/mol. The van der Waals surface area contributed by atoms with Gasteiger partial charge in [0.05, 0.1) is 34.3 Å². The quantitative estimate of drug-likeness (QED) is 0.378. The number of fused-ring (bicyclic) bond motifs is 1. The van der Waals surface area contributed by atoms with E-state index in [1.165, 1.54) is 31.6 Å². The van der Waals surface area contributed by atoms with Gasteiger partial charge in [-0.2, -0.15) is 5.10 Å². The number of rotatable bonds is 7. The number of ether oxygens (including phenoxy) is 1. The number of anilines is 1. The largest absolute Gasteiger partial charge is 0.497 e. The predicted molar refractivity (Wildman–Crippen MR) is 134 cm³/mol. The summed E-state index contributed by atoms with van der Waals surface area (Å²) in [7, 11) is -2.44. The van der Waals surface area contributed by atoms with Gasteiger partial charge in [0.15, 0.2) is 10.7 Å². The maximum Gasteiger partial charge on any atom is 0.339 e. The van der Waals surface area contributed by atoms with Gasteiger partial charge in [-0.3, -0.25) is 0 Å². The highest BCUT2D eigenvalue weighted by Crippen LogP contribution is 2.33. The topological polar surface area (TPSA) is 136 Å². The van der Waals surface area contributed by atoms with Gasteiger partial charge in [0.1, 0.15) is 11.3 Å². The molecule has 1 aromatic carbocycles. The number of carboxylic acid groups (broad SMARTS) is 1. The third-order valence-electron chi connectivity index (χ3n) is 5.67. The van der Waals surface area contributed by atoms with Crippen LogP contribution in [0.1, 0.15) is 42.4 Å². The van der Waals surface area contributed by atoms with Crippen molar-refractivity contribution in [2.75, 3.05) is 12.4 Å². The highest BCUT2D eigenvalue weighted by atomic mass is 32.2. The van der Waals surface area contributed by atoms with E-state index in [0.717, 1.165) is 0 Å². The van der Waals surface area contributed by atoms with Crippen molar-refractivity contribution in [3.05, 3.63) is 65.6 Å². The Morgan fingerprint density at radius 1 is 1.14 bits per heavy atom. The lowest BCUT2D eigenvalue weighted by Gasteiger charge is -2.20. The maximum atomic E-state index is 13.4. The van der Waals surface area contributed by atoms with Crippen LogP contribution in [0.4, 0.5) is 5.69 Å². The van der Waals surface area contributed by atoms with E-state index in [1.807, 2.05) is 20.8 Å². The number of benzene rings is 1. The number of aromatic nitrogens is 4. The summed E-state index contributed by atoms with van der Waals surface area (Å²) in [6.07, 6.45) is 2.69. The van der Waals surface area contributed by atoms with E-state index in [-0.39, 0.29) is 27.6 Å². The van der Waals surface area contributed by atoms with Crippen LogP contribution in [-0.4, -0.2) is 46.4 Å². The molecule has 0 fully saturated rings. The molecule has 36 heavy (non-hydrogen) atoms. The second kappa shape index (κ2) is 9.23. The molecule has 0 atom stereocenters. The zero-order valence-electron chi connectivity index (χ0n) is 20.6. The van der Waals surface area contributed by atoms with E-state index in [9.17, 15) is 18.3 Å². The first-order valence-corrected chi connectivity index (χ1v) is 12.6. The second-order valence-electron chi connectivity index (χ2n) is 9.22. The third kappa shape index (κ3) is 4.49. The molecule has 4 rings (SSSR count). The number of methoxy groups -OCH3 is 1. The first kappa shape index (κ1) is 25.1. The third-order valence-corrected chi connectivity index (χ3v) is 7.44. The molecule has 4 aromatic rings. The molecule has 0 amide bonds. The second-order valence-corrected chi connectivity index (χ2v) is 11.1. The van der Waals surface area contributed by atoms with E-state index in [2.05, 4.69) is 20.4 Å². The van der Waals surface area contributed by atoms with Crippen LogP contribution >= 0.6 is 0 Å². The summed E-state index contributed by atoms with van der Waals surface area (Å²) >= 11 is 0. The maximum absolute atomic E-state index is 13.4. The van der Waals surface area contributed by atoms with Gasteiger partial charge >= 0.3 is 5.97 Å². The number of hydrogen-bond donors (Lipinski definition) is 2. The number of sulfone groups is 1. The lowest BCUT2D eigenvalue weighted by atomic mass is 10.1. The summed E-state index contributed by atoms with van der Waals surface area (Å²) in [6.45, 7) is 7.73. The fraction of sp³-hybridized carbons (Fsp3) is 0.280. The monoisotopic (exact) mass is 509 g/mol. The molecule has 0 aliphatic carbocycles. The number of nitrogens with one attached hydrogen (secondary N) is 1. The molecule has 10 nitrogen and oxygen atoms in total. The SMILES string of the molecule is COc1ccc(S(=O)(=O)c2ncccc2CNc2c(C(=O)O)cnc3c2c(C)nn3C(C)(C)C)cc1. The van der Waals surface area contributed by atoms with Crippen molar-refractivity contribution in [2.45, 2.75) is 49.7 Å². The van der Waals surface area contributed by atoms with E-state index in [1.54, 1.807) is 35.9 Å². The van der Waals surface area contributed by atoms with E-state index < -0.39 is 15.8 Å². The molecule has 2 N–H and O–H groups in total. The van der Waals surface area contributed by atoms with E-state index in [0.29, 0.717) is 33.7 Å². The first-order valence-electron chi connectivity index (χ1n) is 11.1. The number of aryl methyl sites for hydroxylation is 1. The van der Waals surface area contributed by atoms with Crippen molar-refractivity contribution in [2.24, 2.45) is 0 Å². The minimum Gasteiger partial charge on any atom is -0.497 e. The molecule has 0 saturated carbocycles. The Bertz CT molecular complexity index is 1550. The van der Waals surface area contributed by atoms with Crippen LogP contribution < -0.4 is 10.1 Å². The van der Waals surface area contributed by atoms with Gasteiger partial charge in [0, 0.05) is 24.5 Å². The number of aromatic carboxylic acids is 1. The molecule has 188 valence electrons. The van der Waals surface area contributed by atoms with Crippen molar-refractivity contribution in [3.63, 3.8) is 0 Å². The Kier molecular flexibility index (Phi) is 6.44. The molecule has 0 spiro atoms. The van der Waals surface area contributed by atoms with Crippen LogP contribution in [0.3, 0.4) is 0 Å². The molecule has 0 radical (unpaired) electrons. The molecular formula is C25H27N5O5S. The summed E-state index contributed by atoms with van der Waals surface area (Å²) in [4.78, 5) is 20.6. The van der Waals surface area contributed by atoms with Gasteiger partial charge in [-0.05, 0) is 58.0 Å². The molecule has 0 aliphatic heterocycles. The average molecular weight is 510 g/mol. The van der Waals surface area contributed by atoms with Crippen LogP contribution in [0, 0.1) is 6.92 Å². The molecule has 3 aromatic heterocycles. The zero-order valence-corrected chi connectivity index (χ0v) is 21.4. The highest BCUT2D eigenvalue weighted by Gasteiger charge is 2.26. The summed E-state index contributed by atoms with van der Waals surface area (Å²) in [5, 5.41) is 18.0. The number of carbonyl (C=O) groups is 1. The molecule has 11 heteroatoms. The zero-order chi connectivity index (χ0) is 26.3. The molecule has 3 heterocycles. The van der Waals surface area contributed by atoms with Gasteiger partial charge in [-0.1, -0.05) is 6.07 Å².